The van der Waals surface area contributed by atoms with Gasteiger partial charge in [0.2, 0.25) is 0 Å². The lowest BCUT2D eigenvalue weighted by Crippen LogP contribution is -2.22. The second-order valence-corrected chi connectivity index (χ2v) is 5.52. The van der Waals surface area contributed by atoms with Crippen molar-refractivity contribution < 1.29 is 0 Å². The maximum Gasteiger partial charge on any atom is 0.0746 e. The summed E-state index contributed by atoms with van der Waals surface area (Å²) in [4.78, 5) is 0. The molecule has 3 rings (SSSR count). The van der Waals surface area contributed by atoms with E-state index in [1.807, 2.05) is 0 Å². The van der Waals surface area contributed by atoms with Crippen LogP contribution >= 0.6 is 0 Å². The van der Waals surface area contributed by atoms with Gasteiger partial charge in [0.05, 0.1) is 7.85 Å². The summed E-state index contributed by atoms with van der Waals surface area (Å²) in [6, 6.07) is 0. The minimum atomic E-state index is 0.277. The number of hydrogen-bond donors (Lipinski definition) is 0. The molecule has 3 aliphatic rings. The monoisotopic (exact) mass is 160 g/mol. The van der Waals surface area contributed by atoms with E-state index in [0.29, 0.717) is 0 Å². The summed E-state index contributed by atoms with van der Waals surface area (Å²) >= 11 is 0. The van der Waals surface area contributed by atoms with E-state index in [0.717, 1.165) is 17.8 Å². The molecule has 4 atom stereocenters. The van der Waals surface area contributed by atoms with Gasteiger partial charge in [-0.25, -0.2) is 0 Å². The van der Waals surface area contributed by atoms with Gasteiger partial charge in [0.15, 0.2) is 0 Å². The zero-order valence-electron chi connectivity index (χ0n) is 7.76. The summed E-state index contributed by atoms with van der Waals surface area (Å²) in [6.45, 7) is 0. The van der Waals surface area contributed by atoms with Crippen molar-refractivity contribution in [3.05, 3.63) is 0 Å². The van der Waals surface area contributed by atoms with Gasteiger partial charge in [0.25, 0.3) is 0 Å². The summed E-state index contributed by atoms with van der Waals surface area (Å²) in [6.07, 6.45) is 9.95. The first-order valence-corrected chi connectivity index (χ1v) is 5.54. The van der Waals surface area contributed by atoms with Crippen molar-refractivity contribution in [2.75, 3.05) is 0 Å². The molecule has 0 aliphatic heterocycles. The van der Waals surface area contributed by atoms with Gasteiger partial charge in [-0.1, -0.05) is 37.4 Å². The van der Waals surface area contributed by atoms with Gasteiger partial charge in [0.1, 0.15) is 0 Å². The van der Waals surface area contributed by atoms with E-state index < -0.39 is 0 Å². The molecule has 3 bridgehead atoms. The van der Waals surface area contributed by atoms with Crippen LogP contribution in [0.1, 0.15) is 44.9 Å². The lowest BCUT2D eigenvalue weighted by molar-refractivity contribution is 0.270. The first kappa shape index (κ1) is 7.47. The Labute approximate surface area is 76.5 Å². The van der Waals surface area contributed by atoms with E-state index in [-0.39, 0.29) is 5.31 Å². The topological polar surface area (TPSA) is 0 Å². The third kappa shape index (κ3) is 0.979. The van der Waals surface area contributed by atoms with Crippen LogP contribution in [0.4, 0.5) is 0 Å². The van der Waals surface area contributed by atoms with Crippen molar-refractivity contribution in [1.29, 1.82) is 0 Å². The van der Waals surface area contributed by atoms with Crippen LogP contribution in [0.15, 0.2) is 0 Å². The molecule has 12 heavy (non-hydrogen) atoms. The number of fused-ring (bicyclic) bond motifs is 2. The summed E-state index contributed by atoms with van der Waals surface area (Å²) in [5.74, 6) is 3.11. The Bertz CT molecular complexity index is 201. The Morgan fingerprint density at radius 2 is 1.92 bits per heavy atom. The predicted molar refractivity (Wildman–Crippen MR) is 51.2 cm³/mol. The highest BCUT2D eigenvalue weighted by Crippen LogP contribution is 2.60. The Morgan fingerprint density at radius 1 is 1.08 bits per heavy atom. The lowest BCUT2D eigenvalue weighted by Gasteiger charge is -2.37. The maximum absolute atomic E-state index is 6.42. The standard InChI is InChI=1S/C11H17B/c12-11-3-1-2-9-4-8(6-11)5-10(9)7-11/h8-10H,1-7H2. The third-order valence-electron chi connectivity index (χ3n) is 4.55. The Kier molecular flexibility index (Phi) is 1.43. The highest BCUT2D eigenvalue weighted by molar-refractivity contribution is 6.15. The molecule has 0 aromatic rings. The zero-order valence-corrected chi connectivity index (χ0v) is 7.76. The van der Waals surface area contributed by atoms with Gasteiger partial charge in [-0.2, -0.15) is 0 Å². The predicted octanol–water partition coefficient (Wildman–Crippen LogP) is 2.93. The highest BCUT2D eigenvalue weighted by atomic mass is 14.5. The average molecular weight is 160 g/mol. The largest absolute Gasteiger partial charge is 0.0746 e. The summed E-state index contributed by atoms with van der Waals surface area (Å²) in [5, 5.41) is 0.277. The molecule has 0 heterocycles. The quantitative estimate of drug-likeness (QED) is 0.478. The van der Waals surface area contributed by atoms with Crippen molar-refractivity contribution in [2.45, 2.75) is 50.3 Å². The normalized spacial score (nSPS) is 57.2. The van der Waals surface area contributed by atoms with Gasteiger partial charge < -0.3 is 0 Å². The van der Waals surface area contributed by atoms with Crippen molar-refractivity contribution in [1.82, 2.24) is 0 Å². The minimum absolute atomic E-state index is 0.277. The van der Waals surface area contributed by atoms with Crippen LogP contribution in [-0.2, 0) is 0 Å². The first-order valence-electron chi connectivity index (χ1n) is 5.54. The van der Waals surface area contributed by atoms with Gasteiger partial charge in [-0.15, -0.1) is 0 Å². The molecule has 3 fully saturated rings. The molecule has 0 aromatic heterocycles. The van der Waals surface area contributed by atoms with Crippen LogP contribution in [0.3, 0.4) is 0 Å². The average Bonchev–Trinajstić information content (AvgIpc) is 2.20. The fourth-order valence-electron chi connectivity index (χ4n) is 4.21. The second-order valence-electron chi connectivity index (χ2n) is 5.52. The van der Waals surface area contributed by atoms with E-state index in [2.05, 4.69) is 0 Å². The molecule has 3 saturated carbocycles. The zero-order chi connectivity index (χ0) is 8.18. The molecule has 1 heteroatoms. The van der Waals surface area contributed by atoms with Crippen molar-refractivity contribution in [3.8, 4) is 0 Å². The fourth-order valence-corrected chi connectivity index (χ4v) is 4.21. The van der Waals surface area contributed by atoms with Gasteiger partial charge in [-0.05, 0) is 30.6 Å². The lowest BCUT2D eigenvalue weighted by atomic mass is 9.56. The Morgan fingerprint density at radius 3 is 2.83 bits per heavy atom. The molecule has 3 aliphatic carbocycles. The van der Waals surface area contributed by atoms with Gasteiger partial charge in [0, 0.05) is 0 Å². The van der Waals surface area contributed by atoms with Gasteiger partial charge in [-0.3, -0.25) is 0 Å². The first-order chi connectivity index (χ1) is 5.75. The second kappa shape index (κ2) is 2.30. The van der Waals surface area contributed by atoms with E-state index in [9.17, 15) is 0 Å². The summed E-state index contributed by atoms with van der Waals surface area (Å²) in [5.41, 5.74) is 0. The van der Waals surface area contributed by atoms with Crippen molar-refractivity contribution in [2.24, 2.45) is 17.8 Å². The molecule has 0 spiro atoms. The van der Waals surface area contributed by atoms with Crippen molar-refractivity contribution in [3.63, 3.8) is 0 Å². The van der Waals surface area contributed by atoms with E-state index in [1.54, 1.807) is 0 Å². The SMILES string of the molecule is [B]C12CCCC3CC(CC3C1)C2. The van der Waals surface area contributed by atoms with Crippen LogP contribution in [0.25, 0.3) is 0 Å². The van der Waals surface area contributed by atoms with E-state index in [4.69, 9.17) is 7.85 Å². The number of hydrogen-bond acceptors (Lipinski definition) is 0. The molecule has 0 nitrogen and oxygen atoms in total. The number of rotatable bonds is 0. The van der Waals surface area contributed by atoms with Crippen LogP contribution in [0, 0.1) is 17.8 Å². The Hall–Kier alpha value is 0.0649. The van der Waals surface area contributed by atoms with E-state index >= 15 is 0 Å². The van der Waals surface area contributed by atoms with Crippen molar-refractivity contribution >= 4 is 7.85 Å². The fraction of sp³-hybridized carbons (Fsp3) is 1.00. The molecule has 0 saturated heterocycles. The molecular weight excluding hydrogens is 143 g/mol. The molecule has 0 aromatic carbocycles. The molecule has 2 radical (unpaired) electrons. The van der Waals surface area contributed by atoms with Crippen LogP contribution in [0.2, 0.25) is 5.31 Å². The minimum Gasteiger partial charge on any atom is -0.0655 e. The Balaban J connectivity index is 1.94. The third-order valence-corrected chi connectivity index (χ3v) is 4.55. The van der Waals surface area contributed by atoms with Crippen LogP contribution in [0.5, 0.6) is 0 Å². The van der Waals surface area contributed by atoms with E-state index in [1.165, 1.54) is 44.9 Å². The van der Waals surface area contributed by atoms with Crippen LogP contribution < -0.4 is 0 Å². The molecular formula is C11H17B. The molecule has 4 unspecified atom stereocenters. The maximum atomic E-state index is 6.42. The summed E-state index contributed by atoms with van der Waals surface area (Å²) < 4.78 is 0. The molecule has 0 amide bonds. The smallest absolute Gasteiger partial charge is 0.0655 e. The molecule has 0 N–H and O–H groups in total. The summed E-state index contributed by atoms with van der Waals surface area (Å²) in [7, 11) is 6.42. The van der Waals surface area contributed by atoms with Gasteiger partial charge >= 0.3 is 0 Å². The molecule has 64 valence electrons. The van der Waals surface area contributed by atoms with Crippen LogP contribution in [-0.4, -0.2) is 7.85 Å². The highest BCUT2D eigenvalue weighted by Gasteiger charge is 2.46.